The molecule has 1 aliphatic carbocycles. The Morgan fingerprint density at radius 1 is 0.905 bits per heavy atom. The van der Waals surface area contributed by atoms with E-state index in [1.54, 1.807) is 0 Å². The Morgan fingerprint density at radius 3 is 2.24 bits per heavy atom. The number of amides is 2. The van der Waals surface area contributed by atoms with Gasteiger partial charge in [-0.1, -0.05) is 68.9 Å². The SMILES string of the molecule is O=C1CC(C2CCCCCC2)C(c2ccccc2)C(=O)N1. The summed E-state index contributed by atoms with van der Waals surface area (Å²) in [7, 11) is 0. The van der Waals surface area contributed by atoms with Crippen molar-refractivity contribution in [2.45, 2.75) is 50.9 Å². The van der Waals surface area contributed by atoms with Crippen LogP contribution >= 0.6 is 0 Å². The highest BCUT2D eigenvalue weighted by Gasteiger charge is 2.40. The summed E-state index contributed by atoms with van der Waals surface area (Å²) in [5.41, 5.74) is 1.05. The van der Waals surface area contributed by atoms with Gasteiger partial charge in [0.1, 0.15) is 0 Å². The molecule has 1 aromatic rings. The maximum Gasteiger partial charge on any atom is 0.234 e. The van der Waals surface area contributed by atoms with E-state index in [1.165, 1.54) is 25.7 Å². The van der Waals surface area contributed by atoms with Crippen molar-refractivity contribution < 1.29 is 9.59 Å². The smallest absolute Gasteiger partial charge is 0.234 e. The maximum atomic E-state index is 12.4. The third kappa shape index (κ3) is 3.17. The van der Waals surface area contributed by atoms with E-state index < -0.39 is 0 Å². The quantitative estimate of drug-likeness (QED) is 0.668. The molecule has 2 atom stereocenters. The summed E-state index contributed by atoms with van der Waals surface area (Å²) in [4.78, 5) is 24.3. The maximum absolute atomic E-state index is 12.4. The van der Waals surface area contributed by atoms with Crippen LogP contribution in [0.5, 0.6) is 0 Å². The lowest BCUT2D eigenvalue weighted by Gasteiger charge is -2.35. The Kier molecular flexibility index (Phi) is 4.37. The minimum absolute atomic E-state index is 0.0959. The highest BCUT2D eigenvalue weighted by Crippen LogP contribution is 2.41. The van der Waals surface area contributed by atoms with Gasteiger partial charge in [0.2, 0.25) is 11.8 Å². The van der Waals surface area contributed by atoms with E-state index in [9.17, 15) is 9.59 Å². The summed E-state index contributed by atoms with van der Waals surface area (Å²) in [5.74, 6) is 0.319. The molecule has 3 nitrogen and oxygen atoms in total. The highest BCUT2D eigenvalue weighted by atomic mass is 16.2. The van der Waals surface area contributed by atoms with Gasteiger partial charge in [-0.25, -0.2) is 0 Å². The van der Waals surface area contributed by atoms with Gasteiger partial charge in [-0.15, -0.1) is 0 Å². The molecule has 3 heteroatoms. The molecule has 2 fully saturated rings. The van der Waals surface area contributed by atoms with Gasteiger partial charge in [0, 0.05) is 6.42 Å². The van der Waals surface area contributed by atoms with E-state index in [0.717, 1.165) is 18.4 Å². The predicted molar refractivity (Wildman–Crippen MR) is 81.6 cm³/mol. The zero-order valence-corrected chi connectivity index (χ0v) is 12.4. The Balaban J connectivity index is 1.89. The summed E-state index contributed by atoms with van der Waals surface area (Å²) in [5, 5.41) is 2.53. The largest absolute Gasteiger partial charge is 0.296 e. The van der Waals surface area contributed by atoms with Crippen molar-refractivity contribution in [2.24, 2.45) is 11.8 Å². The van der Waals surface area contributed by atoms with Crippen molar-refractivity contribution >= 4 is 11.8 Å². The number of nitrogens with one attached hydrogen (secondary N) is 1. The van der Waals surface area contributed by atoms with Gasteiger partial charge in [-0.05, 0) is 17.4 Å². The van der Waals surface area contributed by atoms with Gasteiger partial charge in [0.05, 0.1) is 5.92 Å². The zero-order valence-electron chi connectivity index (χ0n) is 12.4. The van der Waals surface area contributed by atoms with E-state index in [4.69, 9.17) is 0 Å². The lowest BCUT2D eigenvalue weighted by atomic mass is 9.71. The Morgan fingerprint density at radius 2 is 1.57 bits per heavy atom. The molecule has 2 aliphatic rings. The highest BCUT2D eigenvalue weighted by molar-refractivity contribution is 6.01. The zero-order chi connectivity index (χ0) is 14.7. The van der Waals surface area contributed by atoms with Crippen LogP contribution in [0.25, 0.3) is 0 Å². The second-order valence-electron chi connectivity index (χ2n) is 6.42. The van der Waals surface area contributed by atoms with Crippen molar-refractivity contribution in [3.05, 3.63) is 35.9 Å². The van der Waals surface area contributed by atoms with E-state index in [0.29, 0.717) is 12.3 Å². The molecule has 0 bridgehead atoms. The van der Waals surface area contributed by atoms with E-state index in [1.807, 2.05) is 30.3 Å². The first-order valence-electron chi connectivity index (χ1n) is 8.14. The number of piperidine rings is 1. The summed E-state index contributed by atoms with van der Waals surface area (Å²) in [6.45, 7) is 0. The van der Waals surface area contributed by atoms with Crippen molar-refractivity contribution in [2.75, 3.05) is 0 Å². The molecule has 1 aromatic carbocycles. The van der Waals surface area contributed by atoms with Crippen LogP contribution in [-0.4, -0.2) is 11.8 Å². The topological polar surface area (TPSA) is 46.2 Å². The fourth-order valence-corrected chi connectivity index (χ4v) is 4.03. The molecule has 21 heavy (non-hydrogen) atoms. The van der Waals surface area contributed by atoms with Crippen molar-refractivity contribution in [3.8, 4) is 0 Å². The first-order valence-corrected chi connectivity index (χ1v) is 8.14. The first kappa shape index (κ1) is 14.3. The Labute approximate surface area is 126 Å². The van der Waals surface area contributed by atoms with Crippen molar-refractivity contribution in [3.63, 3.8) is 0 Å². The number of rotatable bonds is 2. The lowest BCUT2D eigenvalue weighted by molar-refractivity contribution is -0.137. The van der Waals surface area contributed by atoms with Crippen LogP contribution < -0.4 is 5.32 Å². The molecule has 1 N–H and O–H groups in total. The normalized spacial score (nSPS) is 28.0. The molecule has 0 aromatic heterocycles. The molecule has 0 radical (unpaired) electrons. The van der Waals surface area contributed by atoms with Crippen LogP contribution in [0.1, 0.15) is 56.4 Å². The average Bonchev–Trinajstić information content (AvgIpc) is 2.76. The molecule has 2 unspecified atom stereocenters. The molecular weight excluding hydrogens is 262 g/mol. The number of hydrogen-bond donors (Lipinski definition) is 1. The van der Waals surface area contributed by atoms with Gasteiger partial charge in [-0.2, -0.15) is 0 Å². The molecule has 1 heterocycles. The van der Waals surface area contributed by atoms with Crippen LogP contribution in [0.2, 0.25) is 0 Å². The Bertz CT molecular complexity index is 503. The number of carbonyl (C=O) groups excluding carboxylic acids is 2. The summed E-state index contributed by atoms with van der Waals surface area (Å²) in [6, 6.07) is 9.95. The Hall–Kier alpha value is -1.64. The van der Waals surface area contributed by atoms with E-state index >= 15 is 0 Å². The predicted octanol–water partition coefficient (Wildman–Crippen LogP) is 3.40. The minimum atomic E-state index is -0.160. The first-order chi connectivity index (χ1) is 10.3. The average molecular weight is 285 g/mol. The molecule has 3 rings (SSSR count). The molecular formula is C18H23NO2. The molecule has 1 saturated heterocycles. The summed E-state index contributed by atoms with van der Waals surface area (Å²) >= 11 is 0. The van der Waals surface area contributed by atoms with Crippen LogP contribution in [0, 0.1) is 11.8 Å². The van der Waals surface area contributed by atoms with Crippen LogP contribution in [0.4, 0.5) is 0 Å². The summed E-state index contributed by atoms with van der Waals surface area (Å²) in [6.07, 6.45) is 7.87. The molecule has 112 valence electrons. The molecule has 1 aliphatic heterocycles. The van der Waals surface area contributed by atoms with Gasteiger partial charge in [0.15, 0.2) is 0 Å². The van der Waals surface area contributed by atoms with Crippen LogP contribution in [0.15, 0.2) is 30.3 Å². The summed E-state index contributed by atoms with van der Waals surface area (Å²) < 4.78 is 0. The standard InChI is InChI=1S/C18H23NO2/c20-16-12-15(13-8-4-1-2-5-9-13)17(18(21)19-16)14-10-6-3-7-11-14/h3,6-7,10-11,13,15,17H,1-2,4-5,8-9,12H2,(H,19,20,21). The lowest BCUT2D eigenvalue weighted by Crippen LogP contribution is -2.46. The van der Waals surface area contributed by atoms with Gasteiger partial charge >= 0.3 is 0 Å². The monoisotopic (exact) mass is 285 g/mol. The fraction of sp³-hybridized carbons (Fsp3) is 0.556. The number of carbonyl (C=O) groups is 2. The molecule has 2 amide bonds. The van der Waals surface area contributed by atoms with Gasteiger partial charge < -0.3 is 0 Å². The molecule has 1 saturated carbocycles. The fourth-order valence-electron chi connectivity index (χ4n) is 4.03. The number of imide groups is 1. The third-order valence-electron chi connectivity index (χ3n) is 5.06. The van der Waals surface area contributed by atoms with E-state index in [2.05, 4.69) is 5.32 Å². The molecule has 0 spiro atoms. The second kappa shape index (κ2) is 6.42. The van der Waals surface area contributed by atoms with Gasteiger partial charge in [-0.3, -0.25) is 14.9 Å². The van der Waals surface area contributed by atoms with Crippen LogP contribution in [0.3, 0.4) is 0 Å². The van der Waals surface area contributed by atoms with Crippen molar-refractivity contribution in [1.82, 2.24) is 5.32 Å². The number of hydrogen-bond acceptors (Lipinski definition) is 2. The van der Waals surface area contributed by atoms with Crippen LogP contribution in [-0.2, 0) is 9.59 Å². The second-order valence-corrected chi connectivity index (χ2v) is 6.42. The van der Waals surface area contributed by atoms with Crippen molar-refractivity contribution in [1.29, 1.82) is 0 Å². The van der Waals surface area contributed by atoms with Gasteiger partial charge in [0.25, 0.3) is 0 Å². The third-order valence-corrected chi connectivity index (χ3v) is 5.06. The van der Waals surface area contributed by atoms with E-state index in [-0.39, 0.29) is 23.7 Å². The number of benzene rings is 1. The minimum Gasteiger partial charge on any atom is -0.296 e.